The molecule has 0 heterocycles. The molecular formula is C13H22O. The lowest BCUT2D eigenvalue weighted by Gasteiger charge is -2.25. The van der Waals surface area contributed by atoms with Gasteiger partial charge in [-0.15, -0.1) is 0 Å². The van der Waals surface area contributed by atoms with Crippen molar-refractivity contribution in [2.75, 3.05) is 6.61 Å². The van der Waals surface area contributed by atoms with E-state index >= 15 is 0 Å². The first-order valence-corrected chi connectivity index (χ1v) is 5.56. The van der Waals surface area contributed by atoms with Crippen LogP contribution in [0.5, 0.6) is 0 Å². The fourth-order valence-electron chi connectivity index (χ4n) is 2.01. The molecule has 1 nitrogen and oxygen atoms in total. The van der Waals surface area contributed by atoms with Crippen molar-refractivity contribution in [2.45, 2.75) is 40.0 Å². The Kier molecular flexibility index (Phi) is 3.94. The Balaban J connectivity index is 2.50. The van der Waals surface area contributed by atoms with Gasteiger partial charge in [-0.25, -0.2) is 0 Å². The fraction of sp³-hybridized carbons (Fsp3) is 0.692. The van der Waals surface area contributed by atoms with Crippen molar-refractivity contribution in [2.24, 2.45) is 11.3 Å². The third-order valence-electron chi connectivity index (χ3n) is 3.37. The second-order valence-electron chi connectivity index (χ2n) is 4.77. The molecule has 0 radical (unpaired) electrons. The summed E-state index contributed by atoms with van der Waals surface area (Å²) < 4.78 is 0. The minimum Gasteiger partial charge on any atom is -0.392 e. The van der Waals surface area contributed by atoms with Crippen LogP contribution < -0.4 is 0 Å². The predicted molar refractivity (Wildman–Crippen MR) is 61.1 cm³/mol. The molecule has 1 rings (SSSR count). The third-order valence-corrected chi connectivity index (χ3v) is 3.37. The van der Waals surface area contributed by atoms with Gasteiger partial charge in [0.2, 0.25) is 0 Å². The van der Waals surface area contributed by atoms with Gasteiger partial charge >= 0.3 is 0 Å². The first-order valence-electron chi connectivity index (χ1n) is 5.56. The Bertz CT molecular complexity index is 230. The first kappa shape index (κ1) is 11.5. The molecule has 0 bridgehead atoms. The molecule has 0 aromatic rings. The van der Waals surface area contributed by atoms with Crippen LogP contribution in [0.15, 0.2) is 23.8 Å². The van der Waals surface area contributed by atoms with E-state index in [-0.39, 0.29) is 6.61 Å². The molecule has 1 unspecified atom stereocenters. The van der Waals surface area contributed by atoms with Crippen LogP contribution in [0.2, 0.25) is 0 Å². The topological polar surface area (TPSA) is 20.2 Å². The maximum atomic E-state index is 9.05. The van der Waals surface area contributed by atoms with Gasteiger partial charge in [-0.3, -0.25) is 0 Å². The molecule has 0 aromatic carbocycles. The SMILES string of the molecule is CC/C(=C/CC1CC=CC1(C)C)CO. The normalized spacial score (nSPS) is 25.7. The Morgan fingerprint density at radius 3 is 2.71 bits per heavy atom. The van der Waals surface area contributed by atoms with E-state index in [9.17, 15) is 0 Å². The highest BCUT2D eigenvalue weighted by atomic mass is 16.3. The number of hydrogen-bond donors (Lipinski definition) is 1. The van der Waals surface area contributed by atoms with Gasteiger partial charge in [-0.2, -0.15) is 0 Å². The van der Waals surface area contributed by atoms with Crippen LogP contribution in [0.4, 0.5) is 0 Å². The summed E-state index contributed by atoms with van der Waals surface area (Å²) in [6, 6.07) is 0. The van der Waals surface area contributed by atoms with Crippen LogP contribution in [-0.2, 0) is 0 Å². The Labute approximate surface area is 87.5 Å². The molecule has 0 saturated carbocycles. The lowest BCUT2D eigenvalue weighted by Crippen LogP contribution is -2.16. The number of hydrogen-bond acceptors (Lipinski definition) is 1. The first-order chi connectivity index (χ1) is 6.60. The quantitative estimate of drug-likeness (QED) is 0.681. The van der Waals surface area contributed by atoms with Crippen LogP contribution >= 0.6 is 0 Å². The minimum absolute atomic E-state index is 0.219. The van der Waals surface area contributed by atoms with Crippen molar-refractivity contribution in [3.8, 4) is 0 Å². The molecular weight excluding hydrogens is 172 g/mol. The van der Waals surface area contributed by atoms with Crippen molar-refractivity contribution in [3.05, 3.63) is 23.8 Å². The largest absolute Gasteiger partial charge is 0.392 e. The van der Waals surface area contributed by atoms with E-state index in [1.807, 2.05) is 0 Å². The molecule has 0 amide bonds. The second kappa shape index (κ2) is 4.79. The predicted octanol–water partition coefficient (Wildman–Crippen LogP) is 3.31. The van der Waals surface area contributed by atoms with Gasteiger partial charge < -0.3 is 5.11 Å². The van der Waals surface area contributed by atoms with Gasteiger partial charge in [0, 0.05) is 0 Å². The molecule has 14 heavy (non-hydrogen) atoms. The average Bonchev–Trinajstić information content (AvgIpc) is 2.47. The van der Waals surface area contributed by atoms with E-state index in [1.54, 1.807) is 0 Å². The highest BCUT2D eigenvalue weighted by Gasteiger charge is 2.28. The van der Waals surface area contributed by atoms with Crippen LogP contribution in [-0.4, -0.2) is 11.7 Å². The van der Waals surface area contributed by atoms with Gasteiger partial charge in [-0.05, 0) is 36.2 Å². The molecule has 0 spiro atoms. The zero-order valence-electron chi connectivity index (χ0n) is 9.59. The number of allylic oxidation sites excluding steroid dienone is 3. The molecule has 80 valence electrons. The van der Waals surface area contributed by atoms with Gasteiger partial charge in [0.1, 0.15) is 0 Å². The summed E-state index contributed by atoms with van der Waals surface area (Å²) in [6.07, 6.45) is 10.1. The number of aliphatic hydroxyl groups is 1. The lowest BCUT2D eigenvalue weighted by molar-refractivity contribution is 0.305. The highest BCUT2D eigenvalue weighted by Crippen LogP contribution is 2.39. The minimum atomic E-state index is 0.219. The summed E-state index contributed by atoms with van der Waals surface area (Å²) in [4.78, 5) is 0. The Hall–Kier alpha value is -0.560. The summed E-state index contributed by atoms with van der Waals surface area (Å²) in [5, 5.41) is 9.05. The van der Waals surface area contributed by atoms with Crippen molar-refractivity contribution < 1.29 is 5.11 Å². The summed E-state index contributed by atoms with van der Waals surface area (Å²) in [5.74, 6) is 0.718. The molecule has 1 heteroatoms. The Morgan fingerprint density at radius 1 is 1.57 bits per heavy atom. The van der Waals surface area contributed by atoms with E-state index < -0.39 is 0 Å². The molecule has 0 saturated heterocycles. The van der Waals surface area contributed by atoms with Crippen LogP contribution in [0.1, 0.15) is 40.0 Å². The number of aliphatic hydroxyl groups excluding tert-OH is 1. The van der Waals surface area contributed by atoms with E-state index in [1.165, 1.54) is 12.0 Å². The Morgan fingerprint density at radius 2 is 2.29 bits per heavy atom. The van der Waals surface area contributed by atoms with Crippen LogP contribution in [0, 0.1) is 11.3 Å². The van der Waals surface area contributed by atoms with Crippen molar-refractivity contribution >= 4 is 0 Å². The van der Waals surface area contributed by atoms with E-state index in [4.69, 9.17) is 5.11 Å². The molecule has 1 atom stereocenters. The van der Waals surface area contributed by atoms with Crippen molar-refractivity contribution in [3.63, 3.8) is 0 Å². The van der Waals surface area contributed by atoms with Gasteiger partial charge in [0.15, 0.2) is 0 Å². The molecule has 1 aliphatic rings. The molecule has 1 N–H and O–H groups in total. The third kappa shape index (κ3) is 2.71. The zero-order chi connectivity index (χ0) is 10.6. The fourth-order valence-corrected chi connectivity index (χ4v) is 2.01. The van der Waals surface area contributed by atoms with Crippen molar-refractivity contribution in [1.82, 2.24) is 0 Å². The summed E-state index contributed by atoms with van der Waals surface area (Å²) in [7, 11) is 0. The zero-order valence-corrected chi connectivity index (χ0v) is 9.59. The van der Waals surface area contributed by atoms with Crippen LogP contribution in [0.3, 0.4) is 0 Å². The average molecular weight is 194 g/mol. The highest BCUT2D eigenvalue weighted by molar-refractivity contribution is 5.10. The van der Waals surface area contributed by atoms with Crippen LogP contribution in [0.25, 0.3) is 0 Å². The van der Waals surface area contributed by atoms with Gasteiger partial charge in [-0.1, -0.05) is 39.0 Å². The monoisotopic (exact) mass is 194 g/mol. The van der Waals surface area contributed by atoms with E-state index in [0.29, 0.717) is 5.41 Å². The van der Waals surface area contributed by atoms with Crippen molar-refractivity contribution in [1.29, 1.82) is 0 Å². The molecule has 0 aliphatic heterocycles. The standard InChI is InChI=1S/C13H22O/c1-4-11(10-14)7-8-12-6-5-9-13(12,2)3/h5,7,9,12,14H,4,6,8,10H2,1-3H3/b11-7-. The molecule has 1 aliphatic carbocycles. The maximum Gasteiger partial charge on any atom is 0.0641 e. The summed E-state index contributed by atoms with van der Waals surface area (Å²) >= 11 is 0. The van der Waals surface area contributed by atoms with E-state index in [0.717, 1.165) is 18.8 Å². The van der Waals surface area contributed by atoms with E-state index in [2.05, 4.69) is 39.0 Å². The number of rotatable bonds is 4. The summed E-state index contributed by atoms with van der Waals surface area (Å²) in [6.45, 7) is 6.90. The smallest absolute Gasteiger partial charge is 0.0641 e. The maximum absolute atomic E-state index is 9.05. The summed E-state index contributed by atoms with van der Waals surface area (Å²) in [5.41, 5.74) is 1.51. The lowest BCUT2D eigenvalue weighted by atomic mass is 9.80. The molecule has 0 aromatic heterocycles. The second-order valence-corrected chi connectivity index (χ2v) is 4.77. The van der Waals surface area contributed by atoms with Gasteiger partial charge in [0.05, 0.1) is 6.61 Å². The van der Waals surface area contributed by atoms with Gasteiger partial charge in [0.25, 0.3) is 0 Å². The molecule has 0 fully saturated rings.